The van der Waals surface area contributed by atoms with Crippen LogP contribution in [0.3, 0.4) is 0 Å². The van der Waals surface area contributed by atoms with Gasteiger partial charge in [-0.15, -0.1) is 0 Å². The molecule has 2 unspecified atom stereocenters. The minimum absolute atomic E-state index is 0.0781. The summed E-state index contributed by atoms with van der Waals surface area (Å²) in [5.74, 6) is 0. The van der Waals surface area contributed by atoms with E-state index in [1.165, 1.54) is 31.4 Å². The number of rotatable bonds is 3. The molecule has 0 radical (unpaired) electrons. The molecule has 1 aliphatic carbocycles. The Bertz CT molecular complexity index is 401. The summed E-state index contributed by atoms with van der Waals surface area (Å²) < 4.78 is 0. The minimum atomic E-state index is -0.0781. The molecule has 110 valence electrons. The largest absolute Gasteiger partial charge is 0.393 e. The van der Waals surface area contributed by atoms with Crippen molar-refractivity contribution >= 4 is 5.69 Å². The van der Waals surface area contributed by atoms with Crippen molar-refractivity contribution in [1.82, 2.24) is 5.32 Å². The molecule has 1 aliphatic heterocycles. The maximum atomic E-state index is 9.75. The van der Waals surface area contributed by atoms with E-state index in [9.17, 15) is 5.11 Å². The van der Waals surface area contributed by atoms with Crippen molar-refractivity contribution in [2.75, 3.05) is 18.0 Å². The molecule has 0 aromatic heterocycles. The lowest BCUT2D eigenvalue weighted by Gasteiger charge is -2.37. The van der Waals surface area contributed by atoms with Crippen molar-refractivity contribution in [3.63, 3.8) is 0 Å². The lowest BCUT2D eigenvalue weighted by molar-refractivity contribution is 0.107. The number of nitrogens with zero attached hydrogens (tertiary/aromatic N) is 1. The summed E-state index contributed by atoms with van der Waals surface area (Å²) in [4.78, 5) is 2.48. The number of nitrogens with one attached hydrogen (secondary N) is 1. The summed E-state index contributed by atoms with van der Waals surface area (Å²) in [5, 5.41) is 13.5. The van der Waals surface area contributed by atoms with Crippen molar-refractivity contribution in [1.29, 1.82) is 0 Å². The van der Waals surface area contributed by atoms with Crippen LogP contribution in [0.1, 0.15) is 38.5 Å². The molecule has 2 fully saturated rings. The van der Waals surface area contributed by atoms with Crippen LogP contribution in [0.15, 0.2) is 30.3 Å². The van der Waals surface area contributed by atoms with E-state index >= 15 is 0 Å². The predicted molar refractivity (Wildman–Crippen MR) is 83.1 cm³/mol. The molecular formula is C17H26N2O. The second kappa shape index (κ2) is 6.59. The van der Waals surface area contributed by atoms with E-state index in [0.717, 1.165) is 25.9 Å². The number of hydrogen-bond donors (Lipinski definition) is 2. The van der Waals surface area contributed by atoms with Gasteiger partial charge in [0, 0.05) is 30.9 Å². The predicted octanol–water partition coefficient (Wildman–Crippen LogP) is 2.55. The third-order valence-electron chi connectivity index (χ3n) is 4.73. The molecule has 3 heteroatoms. The van der Waals surface area contributed by atoms with Crippen molar-refractivity contribution in [2.45, 2.75) is 56.7 Å². The summed E-state index contributed by atoms with van der Waals surface area (Å²) in [6.45, 7) is 2.27. The number of para-hydroxylation sites is 1. The third-order valence-corrected chi connectivity index (χ3v) is 4.73. The van der Waals surface area contributed by atoms with Gasteiger partial charge in [0.25, 0.3) is 0 Å². The first-order valence-corrected chi connectivity index (χ1v) is 8.05. The SMILES string of the molecule is OC1CCCC(NC2CCN(c3ccccc3)CC2)C1. The maximum Gasteiger partial charge on any atom is 0.0555 e. The van der Waals surface area contributed by atoms with Gasteiger partial charge in [0.1, 0.15) is 0 Å². The first-order chi connectivity index (χ1) is 9.81. The summed E-state index contributed by atoms with van der Waals surface area (Å²) in [6.07, 6.45) is 6.68. The van der Waals surface area contributed by atoms with Gasteiger partial charge in [-0.1, -0.05) is 18.2 Å². The van der Waals surface area contributed by atoms with Gasteiger partial charge in [-0.2, -0.15) is 0 Å². The standard InChI is InChI=1S/C17H26N2O/c20-17-8-4-5-15(13-17)18-14-9-11-19(12-10-14)16-6-2-1-3-7-16/h1-3,6-7,14-15,17-18,20H,4-5,8-13H2. The molecule has 1 saturated heterocycles. The second-order valence-corrected chi connectivity index (χ2v) is 6.28. The molecule has 1 heterocycles. The molecule has 1 aromatic carbocycles. The Balaban J connectivity index is 1.46. The molecule has 1 saturated carbocycles. The Kier molecular flexibility index (Phi) is 4.58. The van der Waals surface area contributed by atoms with E-state index in [4.69, 9.17) is 0 Å². The van der Waals surface area contributed by atoms with Gasteiger partial charge < -0.3 is 15.3 Å². The molecule has 3 nitrogen and oxygen atoms in total. The van der Waals surface area contributed by atoms with Gasteiger partial charge in [0.15, 0.2) is 0 Å². The fourth-order valence-electron chi connectivity index (χ4n) is 3.59. The Morgan fingerprint density at radius 1 is 0.950 bits per heavy atom. The van der Waals surface area contributed by atoms with Crippen LogP contribution in [0.5, 0.6) is 0 Å². The Hall–Kier alpha value is -1.06. The van der Waals surface area contributed by atoms with E-state index in [0.29, 0.717) is 12.1 Å². The Morgan fingerprint density at radius 3 is 2.40 bits per heavy atom. The normalized spacial score (nSPS) is 28.6. The summed E-state index contributed by atoms with van der Waals surface area (Å²) in [7, 11) is 0. The fourth-order valence-corrected chi connectivity index (χ4v) is 3.59. The highest BCUT2D eigenvalue weighted by atomic mass is 16.3. The average Bonchev–Trinajstić information content (AvgIpc) is 2.49. The van der Waals surface area contributed by atoms with Gasteiger partial charge in [-0.05, 0) is 50.7 Å². The lowest BCUT2D eigenvalue weighted by atomic mass is 9.91. The van der Waals surface area contributed by atoms with Crippen LogP contribution in [0.2, 0.25) is 0 Å². The molecule has 1 aromatic rings. The highest BCUT2D eigenvalue weighted by Crippen LogP contribution is 2.23. The van der Waals surface area contributed by atoms with E-state index < -0.39 is 0 Å². The van der Waals surface area contributed by atoms with Crippen LogP contribution in [0, 0.1) is 0 Å². The number of piperidine rings is 1. The highest BCUT2D eigenvalue weighted by Gasteiger charge is 2.25. The van der Waals surface area contributed by atoms with Crippen LogP contribution in [-0.2, 0) is 0 Å². The molecule has 0 amide bonds. The van der Waals surface area contributed by atoms with Gasteiger partial charge >= 0.3 is 0 Å². The molecule has 0 bridgehead atoms. The van der Waals surface area contributed by atoms with Crippen molar-refractivity contribution in [3.05, 3.63) is 30.3 Å². The lowest BCUT2D eigenvalue weighted by Crippen LogP contribution is -2.48. The van der Waals surface area contributed by atoms with Crippen molar-refractivity contribution in [3.8, 4) is 0 Å². The van der Waals surface area contributed by atoms with Gasteiger partial charge in [0.2, 0.25) is 0 Å². The minimum Gasteiger partial charge on any atom is -0.393 e. The van der Waals surface area contributed by atoms with E-state index in [2.05, 4.69) is 40.5 Å². The van der Waals surface area contributed by atoms with E-state index in [-0.39, 0.29) is 6.10 Å². The number of aliphatic hydroxyl groups excluding tert-OH is 1. The van der Waals surface area contributed by atoms with Crippen LogP contribution in [-0.4, -0.2) is 36.4 Å². The molecule has 2 aliphatic rings. The third kappa shape index (κ3) is 3.53. The monoisotopic (exact) mass is 274 g/mol. The number of hydrogen-bond acceptors (Lipinski definition) is 3. The zero-order valence-electron chi connectivity index (χ0n) is 12.2. The van der Waals surface area contributed by atoms with Crippen LogP contribution >= 0.6 is 0 Å². The topological polar surface area (TPSA) is 35.5 Å². The Morgan fingerprint density at radius 2 is 1.70 bits per heavy atom. The highest BCUT2D eigenvalue weighted by molar-refractivity contribution is 5.46. The van der Waals surface area contributed by atoms with Crippen LogP contribution in [0.4, 0.5) is 5.69 Å². The maximum absolute atomic E-state index is 9.75. The smallest absolute Gasteiger partial charge is 0.0555 e. The summed E-state index contributed by atoms with van der Waals surface area (Å²) >= 11 is 0. The fraction of sp³-hybridized carbons (Fsp3) is 0.647. The second-order valence-electron chi connectivity index (χ2n) is 6.28. The van der Waals surface area contributed by atoms with Gasteiger partial charge in [-0.25, -0.2) is 0 Å². The molecule has 3 rings (SSSR count). The summed E-state index contributed by atoms with van der Waals surface area (Å²) in [5.41, 5.74) is 1.35. The average molecular weight is 274 g/mol. The molecule has 0 spiro atoms. The summed E-state index contributed by atoms with van der Waals surface area (Å²) in [6, 6.07) is 11.9. The zero-order valence-corrected chi connectivity index (χ0v) is 12.2. The quantitative estimate of drug-likeness (QED) is 0.889. The van der Waals surface area contributed by atoms with E-state index in [1.54, 1.807) is 0 Å². The van der Waals surface area contributed by atoms with Crippen molar-refractivity contribution < 1.29 is 5.11 Å². The first-order valence-electron chi connectivity index (χ1n) is 8.05. The first kappa shape index (κ1) is 13.9. The molecular weight excluding hydrogens is 248 g/mol. The molecule has 20 heavy (non-hydrogen) atoms. The number of aliphatic hydroxyl groups is 1. The van der Waals surface area contributed by atoms with Crippen molar-refractivity contribution in [2.24, 2.45) is 0 Å². The van der Waals surface area contributed by atoms with Gasteiger partial charge in [0.05, 0.1) is 6.10 Å². The van der Waals surface area contributed by atoms with Crippen LogP contribution < -0.4 is 10.2 Å². The van der Waals surface area contributed by atoms with Crippen LogP contribution in [0.25, 0.3) is 0 Å². The number of benzene rings is 1. The van der Waals surface area contributed by atoms with E-state index in [1.807, 2.05) is 0 Å². The Labute approximate surface area is 122 Å². The van der Waals surface area contributed by atoms with Gasteiger partial charge in [-0.3, -0.25) is 0 Å². The number of anilines is 1. The molecule has 2 N–H and O–H groups in total. The molecule has 2 atom stereocenters. The zero-order chi connectivity index (χ0) is 13.8.